The van der Waals surface area contributed by atoms with Crippen LogP contribution in [0.4, 0.5) is 5.69 Å². The average molecular weight is 730 g/mol. The van der Waals surface area contributed by atoms with Crippen LogP contribution >= 0.6 is 22.7 Å². The molecule has 0 bridgehead atoms. The lowest BCUT2D eigenvalue weighted by Gasteiger charge is -2.25. The first-order valence-corrected chi connectivity index (χ1v) is 23.5. The van der Waals surface area contributed by atoms with E-state index in [0.717, 1.165) is 10.4 Å². The Kier molecular flexibility index (Phi) is 25.9. The number of nitrogens with zero attached hydrogens (tertiary/aromatic N) is 1. The van der Waals surface area contributed by atoms with E-state index in [-0.39, 0.29) is 0 Å². The van der Waals surface area contributed by atoms with Gasteiger partial charge >= 0.3 is 0 Å². The van der Waals surface area contributed by atoms with Gasteiger partial charge in [0.1, 0.15) is 0 Å². The third-order valence-corrected chi connectivity index (χ3v) is 12.6. The first kappa shape index (κ1) is 43.4. The van der Waals surface area contributed by atoms with Crippen LogP contribution in [0.3, 0.4) is 0 Å². The van der Waals surface area contributed by atoms with Gasteiger partial charge in [0.25, 0.3) is 0 Å². The van der Waals surface area contributed by atoms with Gasteiger partial charge in [0.05, 0.1) is 4.88 Å². The number of hydrogen-bond donors (Lipinski definition) is 0. The van der Waals surface area contributed by atoms with E-state index in [2.05, 4.69) is 84.5 Å². The molecule has 0 saturated carbocycles. The normalized spacial score (nSPS) is 11.2. The minimum absolute atomic E-state index is 1.11. The van der Waals surface area contributed by atoms with Crippen LogP contribution in [0.25, 0.3) is 9.75 Å². The van der Waals surface area contributed by atoms with E-state index in [1.54, 1.807) is 22.7 Å². The predicted molar refractivity (Wildman–Crippen MR) is 233 cm³/mol. The summed E-state index contributed by atoms with van der Waals surface area (Å²) in [7, 11) is 0. The van der Waals surface area contributed by atoms with Crippen molar-refractivity contribution in [3.8, 4) is 21.6 Å². The third-order valence-electron chi connectivity index (χ3n) is 10.5. The Balaban J connectivity index is 1.35. The summed E-state index contributed by atoms with van der Waals surface area (Å²) in [6, 6.07) is 17.8. The van der Waals surface area contributed by atoms with Gasteiger partial charge < -0.3 is 4.90 Å². The zero-order chi connectivity index (χ0) is 35.9. The maximum Gasteiger partial charge on any atom is 0.0779 e. The summed E-state index contributed by atoms with van der Waals surface area (Å²) >= 11 is 3.59. The van der Waals surface area contributed by atoms with Crippen LogP contribution in [0.2, 0.25) is 0 Å². The molecule has 3 rings (SSSR count). The molecular weight excluding hydrogens is 655 g/mol. The number of rotatable bonds is 32. The number of unbranched alkanes of at least 4 members (excludes halogenated alkanes) is 26. The standard InChI is InChI=1S/C48H75NS2/c1-3-5-7-9-11-13-15-17-19-21-23-25-27-29-41-49(42-30-28-26-24-22-20-18-16-14-12-10-8-6-4-2)45-36-33-44(34-37-45)35-38-46-39-40-48(51-46)47-32-31-43-50-47/h31-34,36-37,39-40,43H,3-30,41-42H2,1-2H3. The van der Waals surface area contributed by atoms with Gasteiger partial charge in [0, 0.05) is 34.1 Å². The zero-order valence-corrected chi connectivity index (χ0v) is 34.8. The molecule has 0 atom stereocenters. The molecule has 284 valence electrons. The summed E-state index contributed by atoms with van der Waals surface area (Å²) in [5, 5.41) is 2.14. The van der Waals surface area contributed by atoms with Crippen molar-refractivity contribution in [3.63, 3.8) is 0 Å². The summed E-state index contributed by atoms with van der Waals surface area (Å²) < 4.78 is 0. The maximum absolute atomic E-state index is 3.43. The molecule has 3 heteroatoms. The molecule has 2 aromatic heterocycles. The van der Waals surface area contributed by atoms with Gasteiger partial charge in [-0.2, -0.15) is 0 Å². The fraction of sp³-hybridized carbons (Fsp3) is 0.667. The molecule has 2 heterocycles. The van der Waals surface area contributed by atoms with E-state index < -0.39 is 0 Å². The van der Waals surface area contributed by atoms with Crippen LogP contribution in [0.15, 0.2) is 53.9 Å². The van der Waals surface area contributed by atoms with E-state index in [4.69, 9.17) is 0 Å². The molecule has 0 aliphatic heterocycles. The van der Waals surface area contributed by atoms with Crippen molar-refractivity contribution in [2.24, 2.45) is 0 Å². The van der Waals surface area contributed by atoms with Crippen LogP contribution in [0, 0.1) is 11.8 Å². The maximum atomic E-state index is 3.43. The molecule has 0 spiro atoms. The molecule has 0 aliphatic rings. The summed E-state index contributed by atoms with van der Waals surface area (Å²) in [5.41, 5.74) is 2.49. The van der Waals surface area contributed by atoms with Crippen LogP contribution in [0.1, 0.15) is 204 Å². The highest BCUT2D eigenvalue weighted by Crippen LogP contribution is 2.31. The molecule has 0 saturated heterocycles. The minimum Gasteiger partial charge on any atom is -0.372 e. The second-order valence-electron chi connectivity index (χ2n) is 15.1. The molecule has 1 aromatic carbocycles. The fourth-order valence-corrected chi connectivity index (χ4v) is 8.90. The minimum atomic E-state index is 1.11. The van der Waals surface area contributed by atoms with Crippen molar-refractivity contribution < 1.29 is 0 Å². The number of anilines is 1. The van der Waals surface area contributed by atoms with Gasteiger partial charge in [0.2, 0.25) is 0 Å². The Morgan fingerprint density at radius 1 is 0.431 bits per heavy atom. The van der Waals surface area contributed by atoms with E-state index in [0.29, 0.717) is 0 Å². The van der Waals surface area contributed by atoms with E-state index in [1.165, 1.54) is 208 Å². The highest BCUT2D eigenvalue weighted by Gasteiger charge is 2.07. The highest BCUT2D eigenvalue weighted by molar-refractivity contribution is 7.21. The lowest BCUT2D eigenvalue weighted by Crippen LogP contribution is -2.25. The lowest BCUT2D eigenvalue weighted by molar-refractivity contribution is 0.529. The molecule has 0 aliphatic carbocycles. The first-order chi connectivity index (χ1) is 25.3. The summed E-state index contributed by atoms with van der Waals surface area (Å²) in [6.07, 6.45) is 39.7. The molecular formula is C48H75NS2. The number of thiophene rings is 2. The number of hydrogen-bond acceptors (Lipinski definition) is 3. The summed E-state index contributed by atoms with van der Waals surface area (Å²) in [4.78, 5) is 6.45. The monoisotopic (exact) mass is 730 g/mol. The predicted octanol–water partition coefficient (Wildman–Crippen LogP) is 16.6. The Bertz CT molecular complexity index is 1210. The summed E-state index contributed by atoms with van der Waals surface area (Å²) in [6.45, 7) is 6.98. The van der Waals surface area contributed by atoms with Crippen molar-refractivity contribution >= 4 is 28.4 Å². The Hall–Kier alpha value is -2.02. The molecule has 3 aromatic rings. The molecule has 0 unspecified atom stereocenters. The largest absolute Gasteiger partial charge is 0.372 e. The summed E-state index contributed by atoms with van der Waals surface area (Å²) in [5.74, 6) is 6.84. The van der Waals surface area contributed by atoms with E-state index >= 15 is 0 Å². The van der Waals surface area contributed by atoms with Gasteiger partial charge in [-0.15, -0.1) is 22.7 Å². The molecule has 0 N–H and O–H groups in total. The smallest absolute Gasteiger partial charge is 0.0779 e. The van der Waals surface area contributed by atoms with Crippen LogP contribution in [-0.2, 0) is 0 Å². The Morgan fingerprint density at radius 2 is 0.863 bits per heavy atom. The average Bonchev–Trinajstić information content (AvgIpc) is 3.87. The van der Waals surface area contributed by atoms with Gasteiger partial charge in [-0.3, -0.25) is 0 Å². The van der Waals surface area contributed by atoms with E-state index in [9.17, 15) is 0 Å². The second kappa shape index (κ2) is 30.4. The second-order valence-corrected chi connectivity index (χ2v) is 17.1. The Morgan fingerprint density at radius 3 is 1.27 bits per heavy atom. The van der Waals surface area contributed by atoms with Gasteiger partial charge in [-0.1, -0.05) is 199 Å². The van der Waals surface area contributed by atoms with E-state index in [1.807, 2.05) is 0 Å². The highest BCUT2D eigenvalue weighted by atomic mass is 32.1. The number of benzene rings is 1. The topological polar surface area (TPSA) is 3.24 Å². The van der Waals surface area contributed by atoms with Crippen LogP contribution < -0.4 is 4.90 Å². The van der Waals surface area contributed by atoms with Crippen molar-refractivity contribution in [1.82, 2.24) is 0 Å². The third kappa shape index (κ3) is 21.3. The van der Waals surface area contributed by atoms with Crippen LogP contribution in [-0.4, -0.2) is 13.1 Å². The van der Waals surface area contributed by atoms with Crippen molar-refractivity contribution in [2.75, 3.05) is 18.0 Å². The first-order valence-electron chi connectivity index (χ1n) is 21.8. The van der Waals surface area contributed by atoms with Crippen molar-refractivity contribution in [2.45, 2.75) is 194 Å². The van der Waals surface area contributed by atoms with Crippen molar-refractivity contribution in [3.05, 3.63) is 64.4 Å². The molecule has 0 fully saturated rings. The molecule has 0 radical (unpaired) electrons. The zero-order valence-electron chi connectivity index (χ0n) is 33.2. The van der Waals surface area contributed by atoms with Crippen LogP contribution in [0.5, 0.6) is 0 Å². The Labute approximate surface area is 324 Å². The SMILES string of the molecule is CCCCCCCCCCCCCCCCN(CCCCCCCCCCCCCCCC)c1ccc(C#Cc2ccc(-c3cccs3)s2)cc1. The van der Waals surface area contributed by atoms with Gasteiger partial charge in [-0.25, -0.2) is 0 Å². The fourth-order valence-electron chi connectivity index (χ4n) is 7.21. The van der Waals surface area contributed by atoms with Gasteiger partial charge in [0.15, 0.2) is 0 Å². The van der Waals surface area contributed by atoms with Gasteiger partial charge in [-0.05, 0) is 60.7 Å². The lowest BCUT2D eigenvalue weighted by atomic mass is 10.0. The molecule has 1 nitrogen and oxygen atoms in total. The quantitative estimate of drug-likeness (QED) is 0.0457. The molecule has 51 heavy (non-hydrogen) atoms. The van der Waals surface area contributed by atoms with Crippen molar-refractivity contribution in [1.29, 1.82) is 0 Å². The molecule has 0 amide bonds.